The maximum atomic E-state index is 13.7. The number of pyridine rings is 1. The largest absolute Gasteiger partial charge is 0.365 e. The molecular formula is C24H22BrF2N9O2S. The summed E-state index contributed by atoms with van der Waals surface area (Å²) in [7, 11) is 1.72. The Balaban J connectivity index is 1.57. The molecule has 5 aromatic heterocycles. The number of thiophene rings is 1. The van der Waals surface area contributed by atoms with E-state index in [1.165, 1.54) is 18.3 Å². The molecule has 0 bridgehead atoms. The van der Waals surface area contributed by atoms with Crippen molar-refractivity contribution in [3.05, 3.63) is 62.3 Å². The fourth-order valence-electron chi connectivity index (χ4n) is 4.19. The summed E-state index contributed by atoms with van der Waals surface area (Å²) in [5.74, 6) is -1.45. The molecule has 0 fully saturated rings. The second kappa shape index (κ2) is 9.96. The van der Waals surface area contributed by atoms with Crippen molar-refractivity contribution in [1.82, 2.24) is 34.3 Å². The van der Waals surface area contributed by atoms with Gasteiger partial charge in [0, 0.05) is 29.9 Å². The first-order valence-electron chi connectivity index (χ1n) is 11.5. The van der Waals surface area contributed by atoms with Gasteiger partial charge in [-0.25, -0.2) is 18.4 Å². The third-order valence-electron chi connectivity index (χ3n) is 6.34. The molecule has 5 aromatic rings. The number of primary amides is 1. The highest BCUT2D eigenvalue weighted by Crippen LogP contribution is 2.43. The molecule has 5 heterocycles. The predicted molar refractivity (Wildman–Crippen MR) is 145 cm³/mol. The van der Waals surface area contributed by atoms with Crippen LogP contribution >= 0.6 is 27.3 Å². The molecule has 0 aliphatic carbocycles. The van der Waals surface area contributed by atoms with Crippen molar-refractivity contribution < 1.29 is 18.4 Å². The number of halogens is 3. The highest BCUT2D eigenvalue weighted by Gasteiger charge is 2.27. The minimum absolute atomic E-state index is 0.0213. The first kappa shape index (κ1) is 26.6. The number of fused-ring (bicyclic) bond motifs is 1. The number of nitrogens with zero attached hydrogens (tertiary/aromatic N) is 7. The molecule has 0 atom stereocenters. The SMILES string of the molecule is Cc1nn(Cn2ccc(C(=O)Nc3c(C(N)=O)sc4nc(C(F)F)cc(-c5cnn(C)c5C)c34)n2)c(C)c1Br. The van der Waals surface area contributed by atoms with Gasteiger partial charge in [-0.2, -0.15) is 15.3 Å². The van der Waals surface area contributed by atoms with Crippen molar-refractivity contribution in [2.45, 2.75) is 33.9 Å². The quantitative estimate of drug-likeness (QED) is 0.274. The number of hydrogen-bond acceptors (Lipinski definition) is 7. The van der Waals surface area contributed by atoms with E-state index in [9.17, 15) is 18.4 Å². The van der Waals surface area contributed by atoms with E-state index < -0.39 is 23.9 Å². The van der Waals surface area contributed by atoms with Gasteiger partial charge < -0.3 is 11.1 Å². The number of nitrogens with two attached hydrogens (primary N) is 1. The van der Waals surface area contributed by atoms with E-state index in [0.717, 1.165) is 27.2 Å². The number of rotatable bonds is 7. The number of carbonyl (C=O) groups excluding carboxylic acids is 2. The summed E-state index contributed by atoms with van der Waals surface area (Å²) >= 11 is 4.32. The van der Waals surface area contributed by atoms with Gasteiger partial charge in [-0.05, 0) is 54.4 Å². The van der Waals surface area contributed by atoms with Gasteiger partial charge in [0.15, 0.2) is 5.69 Å². The van der Waals surface area contributed by atoms with Crippen LogP contribution in [0.2, 0.25) is 0 Å². The first-order chi connectivity index (χ1) is 18.5. The van der Waals surface area contributed by atoms with E-state index in [1.807, 2.05) is 13.8 Å². The van der Waals surface area contributed by atoms with Crippen LogP contribution in [-0.4, -0.2) is 46.1 Å². The zero-order valence-corrected chi connectivity index (χ0v) is 23.6. The fraction of sp³-hybridized carbons (Fsp3) is 0.250. The van der Waals surface area contributed by atoms with Crippen LogP contribution < -0.4 is 11.1 Å². The van der Waals surface area contributed by atoms with E-state index in [2.05, 4.69) is 41.5 Å². The average Bonchev–Trinajstić information content (AvgIpc) is 3.64. The van der Waals surface area contributed by atoms with Crippen molar-refractivity contribution in [2.24, 2.45) is 12.8 Å². The maximum Gasteiger partial charge on any atom is 0.280 e. The van der Waals surface area contributed by atoms with Gasteiger partial charge in [0.2, 0.25) is 0 Å². The normalized spacial score (nSPS) is 11.6. The molecule has 5 rings (SSSR count). The average molecular weight is 618 g/mol. The summed E-state index contributed by atoms with van der Waals surface area (Å²) in [6, 6.07) is 2.76. The van der Waals surface area contributed by atoms with E-state index in [-0.39, 0.29) is 27.8 Å². The molecule has 202 valence electrons. The predicted octanol–water partition coefficient (Wildman–Crippen LogP) is 4.57. The molecule has 0 spiro atoms. The van der Waals surface area contributed by atoms with Gasteiger partial charge in [0.1, 0.15) is 22.1 Å². The Bertz CT molecular complexity index is 1770. The van der Waals surface area contributed by atoms with Crippen molar-refractivity contribution in [1.29, 1.82) is 0 Å². The van der Waals surface area contributed by atoms with Gasteiger partial charge in [0.05, 0.1) is 27.7 Å². The number of amides is 2. The lowest BCUT2D eigenvalue weighted by Crippen LogP contribution is -2.18. The summed E-state index contributed by atoms with van der Waals surface area (Å²) in [5.41, 5.74) is 8.63. The zero-order valence-electron chi connectivity index (χ0n) is 21.2. The van der Waals surface area contributed by atoms with Crippen LogP contribution in [0, 0.1) is 20.8 Å². The monoisotopic (exact) mass is 617 g/mol. The van der Waals surface area contributed by atoms with Crippen molar-refractivity contribution in [3.63, 3.8) is 0 Å². The van der Waals surface area contributed by atoms with Crippen LogP contribution in [0.3, 0.4) is 0 Å². The molecule has 2 amide bonds. The Hall–Kier alpha value is -3.98. The van der Waals surface area contributed by atoms with E-state index in [4.69, 9.17) is 5.73 Å². The van der Waals surface area contributed by atoms with Crippen LogP contribution in [-0.2, 0) is 13.7 Å². The summed E-state index contributed by atoms with van der Waals surface area (Å²) in [6.45, 7) is 5.83. The topological polar surface area (TPSA) is 139 Å². The fourth-order valence-corrected chi connectivity index (χ4v) is 5.48. The molecular weight excluding hydrogens is 596 g/mol. The van der Waals surface area contributed by atoms with Crippen LogP contribution in [0.25, 0.3) is 21.3 Å². The van der Waals surface area contributed by atoms with Gasteiger partial charge in [-0.1, -0.05) is 0 Å². The van der Waals surface area contributed by atoms with Gasteiger partial charge in [0.25, 0.3) is 18.2 Å². The summed E-state index contributed by atoms with van der Waals surface area (Å²) in [4.78, 5) is 29.8. The number of alkyl halides is 2. The van der Waals surface area contributed by atoms with Crippen LogP contribution in [0.1, 0.15) is 49.4 Å². The van der Waals surface area contributed by atoms with Gasteiger partial charge in [-0.3, -0.25) is 19.0 Å². The second-order valence-electron chi connectivity index (χ2n) is 8.83. The summed E-state index contributed by atoms with van der Waals surface area (Å²) in [5, 5.41) is 16.0. The Morgan fingerprint density at radius 2 is 1.92 bits per heavy atom. The van der Waals surface area contributed by atoms with Gasteiger partial charge in [-0.15, -0.1) is 11.3 Å². The molecule has 0 unspecified atom stereocenters. The molecule has 15 heteroatoms. The molecule has 0 aromatic carbocycles. The summed E-state index contributed by atoms with van der Waals surface area (Å²) < 4.78 is 33.2. The molecule has 0 saturated heterocycles. The van der Waals surface area contributed by atoms with Crippen molar-refractivity contribution in [3.8, 4) is 11.1 Å². The number of aromatic nitrogens is 7. The number of anilines is 1. The standard InChI is InChI=1S/C24H22BrF2N9O2S/c1-10-18(25)12(3)36(32-10)9-35-6-5-15(33-35)23(38)31-19-17-13(14-8-29-34(4)11(14)2)7-16(21(26)27)30-24(17)39-20(19)22(28)37/h5-8,21H,9H2,1-4H3,(H2,28,37)(H,31,38). The minimum atomic E-state index is -2.85. The molecule has 39 heavy (non-hydrogen) atoms. The smallest absolute Gasteiger partial charge is 0.280 e. The highest BCUT2D eigenvalue weighted by atomic mass is 79.9. The first-order valence-corrected chi connectivity index (χ1v) is 13.2. The maximum absolute atomic E-state index is 13.7. The van der Waals surface area contributed by atoms with Crippen LogP contribution in [0.4, 0.5) is 14.5 Å². The van der Waals surface area contributed by atoms with Crippen molar-refractivity contribution in [2.75, 3.05) is 5.32 Å². The van der Waals surface area contributed by atoms with Crippen molar-refractivity contribution >= 4 is 55.0 Å². The molecule has 0 aliphatic rings. The number of nitrogens with one attached hydrogen (secondary N) is 1. The van der Waals surface area contributed by atoms with Crippen LogP contribution in [0.15, 0.2) is 29.0 Å². The van der Waals surface area contributed by atoms with E-state index >= 15 is 0 Å². The molecule has 0 aliphatic heterocycles. The number of hydrogen-bond donors (Lipinski definition) is 2. The highest BCUT2D eigenvalue weighted by molar-refractivity contribution is 9.10. The Labute approximate surface area is 232 Å². The zero-order chi connectivity index (χ0) is 28.2. The molecule has 11 nitrogen and oxygen atoms in total. The van der Waals surface area contributed by atoms with E-state index in [1.54, 1.807) is 34.2 Å². The third kappa shape index (κ3) is 4.71. The lowest BCUT2D eigenvalue weighted by atomic mass is 10.0. The lowest BCUT2D eigenvalue weighted by molar-refractivity contribution is 0.100. The van der Waals surface area contributed by atoms with E-state index in [0.29, 0.717) is 22.2 Å². The Kier molecular flexibility index (Phi) is 6.80. The van der Waals surface area contributed by atoms with Crippen LogP contribution in [0.5, 0.6) is 0 Å². The number of aryl methyl sites for hydroxylation is 2. The summed E-state index contributed by atoms with van der Waals surface area (Å²) in [6.07, 6.45) is 0.307. The minimum Gasteiger partial charge on any atom is -0.365 e. The molecule has 0 saturated carbocycles. The Morgan fingerprint density at radius 1 is 1.18 bits per heavy atom. The second-order valence-corrected chi connectivity index (χ2v) is 10.6. The van der Waals surface area contributed by atoms with Gasteiger partial charge >= 0.3 is 0 Å². The molecule has 0 radical (unpaired) electrons. The Morgan fingerprint density at radius 3 is 2.51 bits per heavy atom. The number of carbonyl (C=O) groups is 2. The molecule has 3 N–H and O–H groups in total. The third-order valence-corrected chi connectivity index (χ3v) is 8.58. The lowest BCUT2D eigenvalue weighted by Gasteiger charge is -2.10.